The number of anilines is 3. The van der Waals surface area contributed by atoms with Gasteiger partial charge in [-0.25, -0.2) is 0 Å². The van der Waals surface area contributed by atoms with Gasteiger partial charge in [0.1, 0.15) is 0 Å². The minimum atomic E-state index is 1.10. The van der Waals surface area contributed by atoms with Gasteiger partial charge in [-0.3, -0.25) is 0 Å². The van der Waals surface area contributed by atoms with E-state index >= 15 is 0 Å². The van der Waals surface area contributed by atoms with Gasteiger partial charge in [0.05, 0.1) is 11.0 Å². The van der Waals surface area contributed by atoms with Crippen LogP contribution in [-0.4, -0.2) is 4.57 Å². The fourth-order valence-electron chi connectivity index (χ4n) is 7.16. The topological polar surface area (TPSA) is 8.17 Å². The fourth-order valence-corrected chi connectivity index (χ4v) is 7.16. The van der Waals surface area contributed by atoms with Crippen LogP contribution in [0.1, 0.15) is 13.8 Å². The van der Waals surface area contributed by atoms with Crippen molar-refractivity contribution >= 4 is 38.9 Å². The number of hydrogen-bond acceptors (Lipinski definition) is 1. The van der Waals surface area contributed by atoms with Crippen molar-refractivity contribution in [2.24, 2.45) is 0 Å². The van der Waals surface area contributed by atoms with Crippen LogP contribution in [0.15, 0.2) is 206 Å². The van der Waals surface area contributed by atoms with Gasteiger partial charge < -0.3 is 9.47 Å². The van der Waals surface area contributed by atoms with Crippen molar-refractivity contribution < 1.29 is 0 Å². The molecule has 8 aromatic carbocycles. The van der Waals surface area contributed by atoms with Gasteiger partial charge in [-0.15, -0.1) is 0 Å². The van der Waals surface area contributed by atoms with E-state index in [2.05, 4.69) is 216 Å². The van der Waals surface area contributed by atoms with Crippen LogP contribution in [0.25, 0.3) is 60.9 Å². The molecule has 1 heterocycles. The molecular weight excluding hydrogens is 629 g/mol. The average Bonchev–Trinajstić information content (AvgIpc) is 3.57. The summed E-state index contributed by atoms with van der Waals surface area (Å²) >= 11 is 0. The quantitative estimate of drug-likeness (QED) is 0.164. The highest BCUT2D eigenvalue weighted by Crippen LogP contribution is 2.39. The zero-order valence-corrected chi connectivity index (χ0v) is 29.5. The summed E-state index contributed by atoms with van der Waals surface area (Å²) in [4.78, 5) is 2.36. The van der Waals surface area contributed by atoms with Crippen molar-refractivity contribution in [1.82, 2.24) is 4.57 Å². The second kappa shape index (κ2) is 14.7. The summed E-state index contributed by atoms with van der Waals surface area (Å²) in [6.07, 6.45) is 0. The molecule has 0 saturated carbocycles. The molecule has 0 saturated heterocycles. The predicted molar refractivity (Wildman–Crippen MR) is 223 cm³/mol. The molecule has 0 fully saturated rings. The molecule has 2 nitrogen and oxygen atoms in total. The highest BCUT2D eigenvalue weighted by Gasteiger charge is 2.16. The van der Waals surface area contributed by atoms with Crippen molar-refractivity contribution in [3.8, 4) is 39.1 Å². The number of rotatable bonds is 7. The third-order valence-electron chi connectivity index (χ3n) is 9.59. The summed E-state index contributed by atoms with van der Waals surface area (Å²) in [7, 11) is 0. The standard InChI is InChI=1S/C48H34N2.C2H6/c1-3-13-35(14-4-1)39-17-11-19-43(33-39)49(44-20-12-18-40(34-44)36-15-5-2-6-16-36)41-29-25-37(26-30-41)38-27-31-42(32-28-38)50-47-23-9-7-21-45(47)46-22-8-10-24-48(46)50;1-2/h1-34H;1-2H3. The Morgan fingerprint density at radius 3 is 1.17 bits per heavy atom. The molecule has 0 unspecified atom stereocenters. The average molecular weight is 669 g/mol. The van der Waals surface area contributed by atoms with E-state index in [0.717, 1.165) is 22.7 Å². The number of benzene rings is 8. The van der Waals surface area contributed by atoms with Crippen LogP contribution in [0, 0.1) is 0 Å². The highest BCUT2D eigenvalue weighted by molar-refractivity contribution is 6.09. The normalized spacial score (nSPS) is 10.9. The Labute approximate surface area is 306 Å². The first-order valence-corrected chi connectivity index (χ1v) is 18.1. The molecule has 0 aliphatic carbocycles. The number of fused-ring (bicyclic) bond motifs is 3. The largest absolute Gasteiger partial charge is 0.310 e. The Kier molecular flexibility index (Phi) is 9.19. The molecule has 9 rings (SSSR count). The Bertz CT molecular complexity index is 2430. The SMILES string of the molecule is CC.c1ccc(-c2cccc(N(c3ccc(-c4ccc(-n5c6ccccc6c6ccccc65)cc4)cc3)c3cccc(-c4ccccc4)c3)c2)cc1. The summed E-state index contributed by atoms with van der Waals surface area (Å²) in [5.41, 5.74) is 14.1. The zero-order chi connectivity index (χ0) is 35.3. The summed E-state index contributed by atoms with van der Waals surface area (Å²) in [6.45, 7) is 4.00. The van der Waals surface area contributed by atoms with Gasteiger partial charge in [0, 0.05) is 33.5 Å². The number of para-hydroxylation sites is 2. The van der Waals surface area contributed by atoms with Gasteiger partial charge in [-0.1, -0.05) is 159 Å². The van der Waals surface area contributed by atoms with Gasteiger partial charge in [-0.2, -0.15) is 0 Å². The molecule has 0 bridgehead atoms. The lowest BCUT2D eigenvalue weighted by Crippen LogP contribution is -2.10. The van der Waals surface area contributed by atoms with Gasteiger partial charge in [0.25, 0.3) is 0 Å². The first-order valence-electron chi connectivity index (χ1n) is 18.1. The maximum atomic E-state index is 2.36. The van der Waals surface area contributed by atoms with Crippen molar-refractivity contribution in [3.63, 3.8) is 0 Å². The molecule has 0 aliphatic heterocycles. The van der Waals surface area contributed by atoms with E-state index in [1.165, 1.54) is 55.2 Å². The molecule has 0 amide bonds. The number of aromatic nitrogens is 1. The Morgan fingerprint density at radius 1 is 0.308 bits per heavy atom. The van der Waals surface area contributed by atoms with Crippen LogP contribution >= 0.6 is 0 Å². The van der Waals surface area contributed by atoms with Gasteiger partial charge in [0.2, 0.25) is 0 Å². The van der Waals surface area contributed by atoms with Crippen LogP contribution in [0.4, 0.5) is 17.1 Å². The van der Waals surface area contributed by atoms with Crippen LogP contribution in [0.3, 0.4) is 0 Å². The monoisotopic (exact) mass is 668 g/mol. The van der Waals surface area contributed by atoms with E-state index in [9.17, 15) is 0 Å². The second-order valence-electron chi connectivity index (χ2n) is 12.6. The first kappa shape index (κ1) is 32.6. The molecule has 52 heavy (non-hydrogen) atoms. The molecule has 2 heteroatoms. The number of nitrogens with zero attached hydrogens (tertiary/aromatic N) is 2. The minimum absolute atomic E-state index is 1.10. The van der Waals surface area contributed by atoms with Crippen molar-refractivity contribution in [3.05, 3.63) is 206 Å². The smallest absolute Gasteiger partial charge is 0.0541 e. The second-order valence-corrected chi connectivity index (χ2v) is 12.6. The Balaban J connectivity index is 0.00000190. The van der Waals surface area contributed by atoms with E-state index in [-0.39, 0.29) is 0 Å². The van der Waals surface area contributed by atoms with Crippen LogP contribution in [0.5, 0.6) is 0 Å². The fraction of sp³-hybridized carbons (Fsp3) is 0.0400. The Hall–Kier alpha value is -6.64. The van der Waals surface area contributed by atoms with Crippen molar-refractivity contribution in [2.45, 2.75) is 13.8 Å². The van der Waals surface area contributed by atoms with Crippen molar-refractivity contribution in [1.29, 1.82) is 0 Å². The number of hydrogen-bond donors (Lipinski definition) is 0. The third kappa shape index (κ3) is 6.27. The van der Waals surface area contributed by atoms with Gasteiger partial charge in [-0.05, 0) is 94.0 Å². The van der Waals surface area contributed by atoms with Crippen LogP contribution < -0.4 is 4.90 Å². The molecule has 0 spiro atoms. The maximum absolute atomic E-state index is 2.36. The third-order valence-corrected chi connectivity index (χ3v) is 9.59. The maximum Gasteiger partial charge on any atom is 0.0541 e. The van der Waals surface area contributed by atoms with E-state index in [0.29, 0.717) is 0 Å². The lowest BCUT2D eigenvalue weighted by atomic mass is 10.0. The van der Waals surface area contributed by atoms with E-state index < -0.39 is 0 Å². The van der Waals surface area contributed by atoms with Gasteiger partial charge in [0.15, 0.2) is 0 Å². The molecule has 1 aromatic heterocycles. The molecule has 9 aromatic rings. The molecular formula is C50H40N2. The molecule has 0 N–H and O–H groups in total. The van der Waals surface area contributed by atoms with E-state index in [1.54, 1.807) is 0 Å². The zero-order valence-electron chi connectivity index (χ0n) is 29.5. The molecule has 0 atom stereocenters. The minimum Gasteiger partial charge on any atom is -0.310 e. The molecule has 0 aliphatic rings. The summed E-state index contributed by atoms with van der Waals surface area (Å²) in [5.74, 6) is 0. The van der Waals surface area contributed by atoms with Crippen LogP contribution in [-0.2, 0) is 0 Å². The van der Waals surface area contributed by atoms with Gasteiger partial charge >= 0.3 is 0 Å². The molecule has 250 valence electrons. The lowest BCUT2D eigenvalue weighted by Gasteiger charge is -2.27. The summed E-state index contributed by atoms with van der Waals surface area (Å²) in [6, 6.07) is 74.0. The van der Waals surface area contributed by atoms with Crippen LogP contribution in [0.2, 0.25) is 0 Å². The first-order chi connectivity index (χ1) is 25.8. The summed E-state index contributed by atoms with van der Waals surface area (Å²) in [5, 5.41) is 2.55. The van der Waals surface area contributed by atoms with Crippen molar-refractivity contribution in [2.75, 3.05) is 4.90 Å². The van der Waals surface area contributed by atoms with E-state index in [4.69, 9.17) is 0 Å². The highest BCUT2D eigenvalue weighted by atomic mass is 15.1. The lowest BCUT2D eigenvalue weighted by molar-refractivity contribution is 1.18. The molecule has 0 radical (unpaired) electrons. The summed E-state index contributed by atoms with van der Waals surface area (Å²) < 4.78 is 2.36. The van der Waals surface area contributed by atoms with E-state index in [1.807, 2.05) is 13.8 Å². The predicted octanol–water partition coefficient (Wildman–Crippen LogP) is 14.3. The Morgan fingerprint density at radius 2 is 0.692 bits per heavy atom.